The number of nitrogens with one attached hydrogen (secondary N) is 1. The van der Waals surface area contributed by atoms with Crippen LogP contribution in [0.2, 0.25) is 0 Å². The van der Waals surface area contributed by atoms with Crippen molar-refractivity contribution in [3.8, 4) is 0 Å². The van der Waals surface area contributed by atoms with Gasteiger partial charge in [-0.2, -0.15) is 0 Å². The van der Waals surface area contributed by atoms with Crippen LogP contribution in [0.25, 0.3) is 0 Å². The molecule has 2 atom stereocenters. The zero-order valence-electron chi connectivity index (χ0n) is 9.39. The Morgan fingerprint density at radius 1 is 1.35 bits per heavy atom. The van der Waals surface area contributed by atoms with Gasteiger partial charge in [-0.1, -0.05) is 19.1 Å². The number of hydrogen-bond donors (Lipinski definition) is 3. The molecule has 1 aromatic carbocycles. The van der Waals surface area contributed by atoms with Crippen molar-refractivity contribution in [3.05, 3.63) is 35.6 Å². The molecule has 0 bridgehead atoms. The SMILES string of the molecule is C[C@@H](c1ccc(F)cc1)C1(N)N=CNC(N)=N1. The van der Waals surface area contributed by atoms with Gasteiger partial charge in [-0.05, 0) is 17.7 Å². The number of aliphatic imine (C=N–C) groups is 2. The number of hydrogen-bond acceptors (Lipinski definition) is 5. The number of benzene rings is 1. The van der Waals surface area contributed by atoms with Crippen molar-refractivity contribution in [1.29, 1.82) is 0 Å². The summed E-state index contributed by atoms with van der Waals surface area (Å²) < 4.78 is 12.8. The molecule has 0 amide bonds. The molecule has 0 spiro atoms. The lowest BCUT2D eigenvalue weighted by atomic mass is 9.94. The van der Waals surface area contributed by atoms with Gasteiger partial charge in [-0.15, -0.1) is 0 Å². The summed E-state index contributed by atoms with van der Waals surface area (Å²) in [7, 11) is 0. The standard InChI is InChI=1S/C11H14FN5/c1-7(8-2-4-9(12)5-3-8)11(14)16-6-15-10(13)17-11/h2-7H,14H2,1H3,(H3,13,15,16,17)/t7-,11?/m0/s1. The van der Waals surface area contributed by atoms with Crippen molar-refractivity contribution in [2.75, 3.05) is 0 Å². The molecular weight excluding hydrogens is 221 g/mol. The highest BCUT2D eigenvalue weighted by Crippen LogP contribution is 2.29. The smallest absolute Gasteiger partial charge is 0.213 e. The molecule has 6 heteroatoms. The average molecular weight is 235 g/mol. The van der Waals surface area contributed by atoms with E-state index in [0.29, 0.717) is 0 Å². The molecule has 5 nitrogen and oxygen atoms in total. The van der Waals surface area contributed by atoms with E-state index in [9.17, 15) is 4.39 Å². The molecule has 0 saturated carbocycles. The minimum atomic E-state index is -1.15. The Labute approximate surface area is 98.4 Å². The summed E-state index contributed by atoms with van der Waals surface area (Å²) in [6.07, 6.45) is 1.42. The monoisotopic (exact) mass is 235 g/mol. The molecule has 90 valence electrons. The van der Waals surface area contributed by atoms with Crippen molar-refractivity contribution in [2.24, 2.45) is 21.5 Å². The lowest BCUT2D eigenvalue weighted by molar-refractivity contribution is 0.390. The number of rotatable bonds is 2. The predicted octanol–water partition coefficient (Wildman–Crippen LogP) is 0.488. The van der Waals surface area contributed by atoms with E-state index in [1.807, 2.05) is 6.92 Å². The molecule has 0 radical (unpaired) electrons. The zero-order valence-corrected chi connectivity index (χ0v) is 9.39. The van der Waals surface area contributed by atoms with E-state index in [0.717, 1.165) is 5.56 Å². The molecule has 2 rings (SSSR count). The molecule has 17 heavy (non-hydrogen) atoms. The quantitative estimate of drug-likeness (QED) is 0.697. The van der Waals surface area contributed by atoms with Gasteiger partial charge in [0, 0.05) is 5.92 Å². The highest BCUT2D eigenvalue weighted by molar-refractivity contribution is 5.90. The first-order valence-electron chi connectivity index (χ1n) is 5.21. The molecular formula is C11H14FN5. The van der Waals surface area contributed by atoms with Gasteiger partial charge in [0.1, 0.15) is 5.82 Å². The van der Waals surface area contributed by atoms with E-state index in [1.54, 1.807) is 12.1 Å². The third-order valence-electron chi connectivity index (χ3n) is 2.79. The summed E-state index contributed by atoms with van der Waals surface area (Å²) in [6.45, 7) is 1.87. The molecule has 1 unspecified atom stereocenters. The number of guanidine groups is 1. The molecule has 0 saturated heterocycles. The molecule has 0 aliphatic carbocycles. The van der Waals surface area contributed by atoms with Gasteiger partial charge in [0.2, 0.25) is 5.79 Å². The van der Waals surface area contributed by atoms with Crippen molar-refractivity contribution in [3.63, 3.8) is 0 Å². The lowest BCUT2D eigenvalue weighted by Crippen LogP contribution is -2.49. The summed E-state index contributed by atoms with van der Waals surface area (Å²) in [5.74, 6) is -1.42. The Kier molecular flexibility index (Phi) is 2.81. The van der Waals surface area contributed by atoms with E-state index in [2.05, 4.69) is 15.3 Å². The van der Waals surface area contributed by atoms with Crippen molar-refractivity contribution in [1.82, 2.24) is 5.32 Å². The second kappa shape index (κ2) is 4.14. The van der Waals surface area contributed by atoms with Crippen molar-refractivity contribution >= 4 is 12.3 Å². The fourth-order valence-corrected chi connectivity index (χ4v) is 1.66. The van der Waals surface area contributed by atoms with Crippen LogP contribution < -0.4 is 16.8 Å². The topological polar surface area (TPSA) is 88.8 Å². The summed E-state index contributed by atoms with van der Waals surface area (Å²) >= 11 is 0. The summed E-state index contributed by atoms with van der Waals surface area (Å²) in [4.78, 5) is 8.17. The maximum absolute atomic E-state index is 12.8. The van der Waals surface area contributed by atoms with Crippen LogP contribution in [0.1, 0.15) is 18.4 Å². The van der Waals surface area contributed by atoms with Gasteiger partial charge in [0.15, 0.2) is 5.96 Å². The molecule has 1 aromatic rings. The predicted molar refractivity (Wildman–Crippen MR) is 65.0 cm³/mol. The number of nitrogens with zero attached hydrogens (tertiary/aromatic N) is 2. The fraction of sp³-hybridized carbons (Fsp3) is 0.273. The van der Waals surface area contributed by atoms with Crippen LogP contribution in [-0.2, 0) is 0 Å². The highest BCUT2D eigenvalue weighted by atomic mass is 19.1. The first-order valence-corrected chi connectivity index (χ1v) is 5.21. The third-order valence-corrected chi connectivity index (χ3v) is 2.79. The second-order valence-electron chi connectivity index (χ2n) is 3.96. The van der Waals surface area contributed by atoms with Crippen molar-refractivity contribution < 1.29 is 4.39 Å². The van der Waals surface area contributed by atoms with Crippen LogP contribution in [0.3, 0.4) is 0 Å². The third kappa shape index (κ3) is 2.26. The molecule has 1 aliphatic heterocycles. The second-order valence-corrected chi connectivity index (χ2v) is 3.96. The summed E-state index contributed by atoms with van der Waals surface area (Å²) in [6, 6.07) is 6.09. The minimum Gasteiger partial charge on any atom is -0.370 e. The molecule has 1 aliphatic rings. The Bertz CT molecular complexity index is 467. The van der Waals surface area contributed by atoms with Crippen LogP contribution >= 0.6 is 0 Å². The van der Waals surface area contributed by atoms with Crippen LogP contribution in [0, 0.1) is 5.82 Å². The fourth-order valence-electron chi connectivity index (χ4n) is 1.66. The summed E-state index contributed by atoms with van der Waals surface area (Å²) in [5.41, 5.74) is 12.5. The van der Waals surface area contributed by atoms with Crippen LogP contribution in [0.15, 0.2) is 34.3 Å². The first kappa shape index (κ1) is 11.5. The summed E-state index contributed by atoms with van der Waals surface area (Å²) in [5, 5.41) is 2.65. The van der Waals surface area contributed by atoms with Crippen molar-refractivity contribution in [2.45, 2.75) is 18.6 Å². The Hall–Kier alpha value is -1.95. The van der Waals surface area contributed by atoms with E-state index >= 15 is 0 Å². The largest absolute Gasteiger partial charge is 0.370 e. The molecule has 0 fully saturated rings. The maximum Gasteiger partial charge on any atom is 0.213 e. The van der Waals surface area contributed by atoms with E-state index in [1.165, 1.54) is 18.5 Å². The lowest BCUT2D eigenvalue weighted by Gasteiger charge is -2.30. The maximum atomic E-state index is 12.8. The molecule has 1 heterocycles. The molecule has 0 aromatic heterocycles. The first-order chi connectivity index (χ1) is 8.01. The molecule has 5 N–H and O–H groups in total. The Morgan fingerprint density at radius 3 is 2.59 bits per heavy atom. The normalized spacial score (nSPS) is 25.0. The van der Waals surface area contributed by atoms with Crippen LogP contribution in [0.4, 0.5) is 4.39 Å². The van der Waals surface area contributed by atoms with E-state index in [4.69, 9.17) is 11.5 Å². The zero-order chi connectivity index (χ0) is 12.5. The number of nitrogens with two attached hydrogens (primary N) is 2. The van der Waals surface area contributed by atoms with Gasteiger partial charge in [0.05, 0.1) is 6.34 Å². The Morgan fingerprint density at radius 2 is 2.00 bits per heavy atom. The van der Waals surface area contributed by atoms with Gasteiger partial charge in [0.25, 0.3) is 0 Å². The van der Waals surface area contributed by atoms with Crippen LogP contribution in [0.5, 0.6) is 0 Å². The van der Waals surface area contributed by atoms with Gasteiger partial charge < -0.3 is 11.1 Å². The van der Waals surface area contributed by atoms with Gasteiger partial charge in [-0.25, -0.2) is 14.4 Å². The average Bonchev–Trinajstić information content (AvgIpc) is 2.29. The van der Waals surface area contributed by atoms with Gasteiger partial charge in [-0.3, -0.25) is 5.73 Å². The minimum absolute atomic E-state index is 0.208. The van der Waals surface area contributed by atoms with E-state index < -0.39 is 5.79 Å². The van der Waals surface area contributed by atoms with E-state index in [-0.39, 0.29) is 17.7 Å². The Balaban J connectivity index is 2.30. The van der Waals surface area contributed by atoms with Gasteiger partial charge >= 0.3 is 0 Å². The number of halogens is 1. The van der Waals surface area contributed by atoms with Crippen LogP contribution in [-0.4, -0.2) is 18.1 Å². The highest BCUT2D eigenvalue weighted by Gasteiger charge is 2.33.